The lowest BCUT2D eigenvalue weighted by molar-refractivity contribution is -0.136. The largest absolute Gasteiger partial charge is 0.481 e. The van der Waals surface area contributed by atoms with E-state index in [1.54, 1.807) is 24.3 Å². The Morgan fingerprint density at radius 2 is 1.54 bits per heavy atom. The van der Waals surface area contributed by atoms with Crippen molar-refractivity contribution in [2.24, 2.45) is 0 Å². The molecule has 5 nitrogen and oxygen atoms in total. The molecule has 2 rings (SSSR count). The molecule has 0 aliphatic rings. The minimum Gasteiger partial charge on any atom is -0.481 e. The number of hydrogen-bond acceptors (Lipinski definition) is 3. The Morgan fingerprint density at radius 3 is 2.08 bits per heavy atom. The van der Waals surface area contributed by atoms with Crippen LogP contribution in [0.15, 0.2) is 42.5 Å². The highest BCUT2D eigenvalue weighted by atomic mass is 32.2. The lowest BCUT2D eigenvalue weighted by Gasteiger charge is -2.11. The SMILES string of the molecule is Cc1cccc(C)c1CS(=O)(=O)NCc1ccc(CC(=O)O)cc1. The van der Waals surface area contributed by atoms with Crippen LogP contribution in [0, 0.1) is 13.8 Å². The molecule has 0 radical (unpaired) electrons. The summed E-state index contributed by atoms with van der Waals surface area (Å²) in [5.74, 6) is -0.945. The Kier molecular flexibility index (Phi) is 5.75. The van der Waals surface area contributed by atoms with Crippen LogP contribution in [0.25, 0.3) is 0 Å². The van der Waals surface area contributed by atoms with Crippen LogP contribution >= 0.6 is 0 Å². The second-order valence-electron chi connectivity index (χ2n) is 5.84. The number of carbonyl (C=O) groups is 1. The number of aliphatic carboxylic acids is 1. The lowest BCUT2D eigenvalue weighted by atomic mass is 10.1. The van der Waals surface area contributed by atoms with Crippen LogP contribution in [-0.2, 0) is 33.5 Å². The third-order valence-corrected chi connectivity index (χ3v) is 5.11. The third-order valence-electron chi connectivity index (χ3n) is 3.85. The molecule has 0 aliphatic carbocycles. The van der Waals surface area contributed by atoms with E-state index < -0.39 is 16.0 Å². The highest BCUT2D eigenvalue weighted by Gasteiger charge is 2.14. The first-order chi connectivity index (χ1) is 11.3. The van der Waals surface area contributed by atoms with Crippen molar-refractivity contribution in [2.45, 2.75) is 32.6 Å². The summed E-state index contributed by atoms with van der Waals surface area (Å²) in [6.07, 6.45) is -0.0431. The first-order valence-electron chi connectivity index (χ1n) is 7.59. The number of carboxylic acid groups (broad SMARTS) is 1. The Balaban J connectivity index is 2.01. The van der Waals surface area contributed by atoms with Gasteiger partial charge in [-0.15, -0.1) is 0 Å². The Hall–Kier alpha value is -2.18. The fraction of sp³-hybridized carbons (Fsp3) is 0.278. The van der Waals surface area contributed by atoms with Gasteiger partial charge in [0.05, 0.1) is 12.2 Å². The molecule has 24 heavy (non-hydrogen) atoms. The minimum absolute atomic E-state index is 0.0431. The summed E-state index contributed by atoms with van der Waals surface area (Å²) in [5.41, 5.74) is 4.21. The molecule has 0 aromatic heterocycles. The van der Waals surface area contributed by atoms with Gasteiger partial charge in [0.25, 0.3) is 0 Å². The molecule has 6 heteroatoms. The van der Waals surface area contributed by atoms with Crippen LogP contribution in [0.3, 0.4) is 0 Å². The highest BCUT2D eigenvalue weighted by Crippen LogP contribution is 2.16. The molecule has 0 heterocycles. The van der Waals surface area contributed by atoms with E-state index in [1.807, 2.05) is 32.0 Å². The summed E-state index contributed by atoms with van der Waals surface area (Å²) in [6.45, 7) is 3.98. The Labute approximate surface area is 142 Å². The van der Waals surface area contributed by atoms with E-state index in [0.29, 0.717) is 5.56 Å². The standard InChI is InChI=1S/C18H21NO4S/c1-13-4-3-5-14(2)17(13)12-24(22,23)19-11-16-8-6-15(7-9-16)10-18(20)21/h3-9,19H,10-12H2,1-2H3,(H,20,21). The summed E-state index contributed by atoms with van der Waals surface area (Å²) in [4.78, 5) is 10.6. The lowest BCUT2D eigenvalue weighted by Crippen LogP contribution is -2.25. The van der Waals surface area contributed by atoms with Crippen molar-refractivity contribution < 1.29 is 18.3 Å². The van der Waals surface area contributed by atoms with Gasteiger partial charge in [-0.2, -0.15) is 0 Å². The van der Waals surface area contributed by atoms with Crippen LogP contribution < -0.4 is 4.72 Å². The molecule has 0 aliphatic heterocycles. The van der Waals surface area contributed by atoms with Crippen molar-refractivity contribution in [3.63, 3.8) is 0 Å². The fourth-order valence-corrected chi connectivity index (χ4v) is 3.78. The van der Waals surface area contributed by atoms with Crippen molar-refractivity contribution in [1.82, 2.24) is 4.72 Å². The first kappa shape index (κ1) is 18.2. The maximum atomic E-state index is 12.3. The zero-order valence-corrected chi connectivity index (χ0v) is 14.6. The van der Waals surface area contributed by atoms with Gasteiger partial charge >= 0.3 is 5.97 Å². The molecule has 0 unspecified atom stereocenters. The molecule has 0 fully saturated rings. The van der Waals surface area contributed by atoms with Crippen molar-refractivity contribution in [3.8, 4) is 0 Å². The topological polar surface area (TPSA) is 83.5 Å². The number of benzene rings is 2. The molecule has 0 amide bonds. The van der Waals surface area contributed by atoms with Crippen LogP contribution in [0.2, 0.25) is 0 Å². The zero-order valence-electron chi connectivity index (χ0n) is 13.7. The van der Waals surface area contributed by atoms with Gasteiger partial charge in [0.2, 0.25) is 10.0 Å². The van der Waals surface area contributed by atoms with E-state index in [2.05, 4.69) is 4.72 Å². The van der Waals surface area contributed by atoms with E-state index in [0.717, 1.165) is 22.3 Å². The second-order valence-corrected chi connectivity index (χ2v) is 7.64. The van der Waals surface area contributed by atoms with Gasteiger partial charge in [-0.1, -0.05) is 42.5 Å². The van der Waals surface area contributed by atoms with Gasteiger partial charge in [0.1, 0.15) is 0 Å². The van der Waals surface area contributed by atoms with Crippen LogP contribution in [0.5, 0.6) is 0 Å². The van der Waals surface area contributed by atoms with E-state index in [-0.39, 0.29) is 18.7 Å². The number of aryl methyl sites for hydroxylation is 2. The number of rotatable bonds is 7. The number of hydrogen-bond donors (Lipinski definition) is 2. The smallest absolute Gasteiger partial charge is 0.307 e. The molecule has 0 saturated heterocycles. The van der Waals surface area contributed by atoms with Crippen molar-refractivity contribution in [2.75, 3.05) is 0 Å². The summed E-state index contributed by atoms with van der Waals surface area (Å²) >= 11 is 0. The van der Waals surface area contributed by atoms with Crippen LogP contribution in [0.1, 0.15) is 27.8 Å². The van der Waals surface area contributed by atoms with Gasteiger partial charge in [-0.25, -0.2) is 13.1 Å². The van der Waals surface area contributed by atoms with Gasteiger partial charge in [-0.05, 0) is 41.7 Å². The van der Waals surface area contributed by atoms with Crippen molar-refractivity contribution >= 4 is 16.0 Å². The monoisotopic (exact) mass is 347 g/mol. The number of carboxylic acids is 1. The van der Waals surface area contributed by atoms with Gasteiger partial charge in [-0.3, -0.25) is 4.79 Å². The molecular formula is C18H21NO4S. The molecule has 2 aromatic rings. The maximum Gasteiger partial charge on any atom is 0.307 e. The van der Waals surface area contributed by atoms with Crippen LogP contribution in [0.4, 0.5) is 0 Å². The second kappa shape index (κ2) is 7.59. The summed E-state index contributed by atoms with van der Waals surface area (Å²) in [6, 6.07) is 12.6. The predicted octanol–water partition coefficient (Wildman–Crippen LogP) is 2.55. The summed E-state index contributed by atoms with van der Waals surface area (Å²) in [5, 5.41) is 8.74. The summed E-state index contributed by atoms with van der Waals surface area (Å²) < 4.78 is 27.2. The normalized spacial score (nSPS) is 11.4. The number of sulfonamides is 1. The average molecular weight is 347 g/mol. The van der Waals surface area contributed by atoms with Crippen molar-refractivity contribution in [3.05, 3.63) is 70.3 Å². The van der Waals surface area contributed by atoms with Gasteiger partial charge in [0.15, 0.2) is 0 Å². The molecule has 128 valence electrons. The van der Waals surface area contributed by atoms with E-state index in [4.69, 9.17) is 5.11 Å². The molecule has 0 spiro atoms. The quantitative estimate of drug-likeness (QED) is 0.806. The van der Waals surface area contributed by atoms with E-state index >= 15 is 0 Å². The highest BCUT2D eigenvalue weighted by molar-refractivity contribution is 7.88. The molecule has 0 atom stereocenters. The van der Waals surface area contributed by atoms with Crippen LogP contribution in [-0.4, -0.2) is 19.5 Å². The molecule has 0 saturated carbocycles. The molecular weight excluding hydrogens is 326 g/mol. The fourth-order valence-electron chi connectivity index (χ4n) is 2.46. The molecule has 2 N–H and O–H groups in total. The van der Waals surface area contributed by atoms with E-state index in [9.17, 15) is 13.2 Å². The van der Waals surface area contributed by atoms with Crippen molar-refractivity contribution in [1.29, 1.82) is 0 Å². The van der Waals surface area contributed by atoms with E-state index in [1.165, 1.54) is 0 Å². The third kappa shape index (κ3) is 5.18. The van der Waals surface area contributed by atoms with Gasteiger partial charge < -0.3 is 5.11 Å². The molecule has 2 aromatic carbocycles. The predicted molar refractivity (Wildman–Crippen MR) is 93.2 cm³/mol. The number of nitrogens with one attached hydrogen (secondary N) is 1. The average Bonchev–Trinajstić information content (AvgIpc) is 2.50. The Morgan fingerprint density at radius 1 is 1.00 bits per heavy atom. The zero-order chi connectivity index (χ0) is 17.7. The molecule has 0 bridgehead atoms. The summed E-state index contributed by atoms with van der Waals surface area (Å²) in [7, 11) is -3.45. The first-order valence-corrected chi connectivity index (χ1v) is 9.24. The van der Waals surface area contributed by atoms with Gasteiger partial charge in [0, 0.05) is 6.54 Å². The maximum absolute atomic E-state index is 12.3. The Bertz CT molecular complexity index is 806. The minimum atomic E-state index is -3.45.